The molecule has 0 atom stereocenters. The number of hydrogen-bond acceptors (Lipinski definition) is 3. The zero-order valence-electron chi connectivity index (χ0n) is 16.2. The molecular formula is C20H21F4N5O. The molecule has 6 nitrogen and oxygen atoms in total. The number of aromatic nitrogens is 2. The number of benzene rings is 1. The fourth-order valence-electron chi connectivity index (χ4n) is 2.84. The number of nitrogens with one attached hydrogen (secondary N) is 3. The van der Waals surface area contributed by atoms with Gasteiger partial charge >= 0.3 is 6.18 Å². The van der Waals surface area contributed by atoms with E-state index in [9.17, 15) is 17.6 Å². The molecule has 0 amide bonds. The molecule has 160 valence electrons. The lowest BCUT2D eigenvalue weighted by atomic mass is 10.1. The highest BCUT2D eigenvalue weighted by molar-refractivity contribution is 5.83. The topological polar surface area (TPSA) is 74.3 Å². The summed E-state index contributed by atoms with van der Waals surface area (Å²) in [5, 5.41) is 7.26. The number of fused-ring (bicyclic) bond motifs is 1. The maximum atomic E-state index is 13.3. The highest BCUT2D eigenvalue weighted by Crippen LogP contribution is 2.19. The quantitative estimate of drug-likeness (QED) is 0.309. The standard InChI is InChI=1S/C20H21F4N5O/c1-25-19(26-7-6-14-11-27-17-8-15(21)3-4-16(14)17)29-10-13-2-5-18(28-9-13)30-12-20(22,23)24/h2-5,8-9,11,27H,6-7,10,12H2,1H3,(H2,25,26,29). The van der Waals surface area contributed by atoms with Crippen molar-refractivity contribution < 1.29 is 22.3 Å². The molecule has 1 aromatic carbocycles. The van der Waals surface area contributed by atoms with Crippen LogP contribution >= 0.6 is 0 Å². The molecule has 10 heteroatoms. The van der Waals surface area contributed by atoms with Crippen LogP contribution in [0, 0.1) is 5.82 Å². The number of pyridine rings is 1. The van der Waals surface area contributed by atoms with E-state index in [0.717, 1.165) is 22.0 Å². The molecule has 0 aliphatic carbocycles. The van der Waals surface area contributed by atoms with Gasteiger partial charge < -0.3 is 20.4 Å². The van der Waals surface area contributed by atoms with Crippen LogP contribution in [0.4, 0.5) is 17.6 Å². The van der Waals surface area contributed by atoms with Gasteiger partial charge in [0.15, 0.2) is 12.6 Å². The predicted octanol–water partition coefficient (Wildman–Crippen LogP) is 3.55. The first kappa shape index (κ1) is 21.4. The molecule has 0 radical (unpaired) electrons. The number of alkyl halides is 3. The van der Waals surface area contributed by atoms with Crippen LogP contribution in [-0.2, 0) is 13.0 Å². The van der Waals surface area contributed by atoms with E-state index in [1.54, 1.807) is 19.2 Å². The third-order valence-corrected chi connectivity index (χ3v) is 4.28. The fourth-order valence-corrected chi connectivity index (χ4v) is 2.84. The highest BCUT2D eigenvalue weighted by Gasteiger charge is 2.28. The molecule has 0 unspecified atom stereocenters. The number of H-pyrrole nitrogens is 1. The largest absolute Gasteiger partial charge is 0.468 e. The molecule has 0 saturated carbocycles. The van der Waals surface area contributed by atoms with Crippen molar-refractivity contribution in [2.75, 3.05) is 20.2 Å². The second kappa shape index (κ2) is 9.47. The normalized spacial score (nSPS) is 12.2. The van der Waals surface area contributed by atoms with E-state index in [1.165, 1.54) is 24.4 Å². The van der Waals surface area contributed by atoms with E-state index >= 15 is 0 Å². The molecule has 0 bridgehead atoms. The van der Waals surface area contributed by atoms with Gasteiger partial charge in [-0.2, -0.15) is 13.2 Å². The Bertz CT molecular complexity index is 999. The molecule has 0 aliphatic rings. The minimum atomic E-state index is -4.40. The van der Waals surface area contributed by atoms with Crippen molar-refractivity contribution in [3.63, 3.8) is 0 Å². The van der Waals surface area contributed by atoms with Crippen LogP contribution in [0.15, 0.2) is 47.7 Å². The summed E-state index contributed by atoms with van der Waals surface area (Å²) in [6, 6.07) is 7.66. The van der Waals surface area contributed by atoms with Crippen LogP contribution in [-0.4, -0.2) is 42.3 Å². The predicted molar refractivity (Wildman–Crippen MR) is 106 cm³/mol. The summed E-state index contributed by atoms with van der Waals surface area (Å²) in [5.74, 6) is 0.198. The van der Waals surface area contributed by atoms with Gasteiger partial charge in [-0.3, -0.25) is 4.99 Å². The zero-order chi connectivity index (χ0) is 21.6. The van der Waals surface area contributed by atoms with E-state index in [-0.39, 0.29) is 11.7 Å². The third kappa shape index (κ3) is 6.10. The summed E-state index contributed by atoms with van der Waals surface area (Å²) in [5.41, 5.74) is 2.57. The number of guanidine groups is 1. The Kier molecular flexibility index (Phi) is 6.76. The smallest absolute Gasteiger partial charge is 0.422 e. The Hall–Kier alpha value is -3.30. The number of halogens is 4. The third-order valence-electron chi connectivity index (χ3n) is 4.28. The summed E-state index contributed by atoms with van der Waals surface area (Å²) in [4.78, 5) is 11.1. The Morgan fingerprint density at radius 3 is 2.73 bits per heavy atom. The van der Waals surface area contributed by atoms with Crippen molar-refractivity contribution in [3.8, 4) is 5.88 Å². The van der Waals surface area contributed by atoms with Gasteiger partial charge in [-0.15, -0.1) is 0 Å². The molecule has 3 aromatic rings. The number of aromatic amines is 1. The lowest BCUT2D eigenvalue weighted by molar-refractivity contribution is -0.154. The Morgan fingerprint density at radius 1 is 1.20 bits per heavy atom. The number of nitrogens with zero attached hydrogens (tertiary/aromatic N) is 2. The number of hydrogen-bond donors (Lipinski definition) is 3. The van der Waals surface area contributed by atoms with Gasteiger partial charge in [0.25, 0.3) is 0 Å². The van der Waals surface area contributed by atoms with Crippen LogP contribution in [0.3, 0.4) is 0 Å². The molecule has 30 heavy (non-hydrogen) atoms. The van der Waals surface area contributed by atoms with Crippen molar-refractivity contribution in [1.82, 2.24) is 20.6 Å². The first-order valence-electron chi connectivity index (χ1n) is 9.18. The summed E-state index contributed by atoms with van der Waals surface area (Å²) in [7, 11) is 1.64. The average Bonchev–Trinajstić information content (AvgIpc) is 3.11. The summed E-state index contributed by atoms with van der Waals surface area (Å²) >= 11 is 0. The summed E-state index contributed by atoms with van der Waals surface area (Å²) in [6.07, 6.45) is -0.394. The molecule has 3 N–H and O–H groups in total. The molecule has 0 aliphatic heterocycles. The number of rotatable bonds is 7. The van der Waals surface area contributed by atoms with Gasteiger partial charge in [0.2, 0.25) is 5.88 Å². The second-order valence-corrected chi connectivity index (χ2v) is 6.51. The molecule has 2 aromatic heterocycles. The maximum absolute atomic E-state index is 13.3. The van der Waals surface area contributed by atoms with E-state index < -0.39 is 12.8 Å². The fraction of sp³-hybridized carbons (Fsp3) is 0.300. The van der Waals surface area contributed by atoms with Gasteiger partial charge in [0.1, 0.15) is 5.82 Å². The summed E-state index contributed by atoms with van der Waals surface area (Å²) < 4.78 is 54.3. The minimum absolute atomic E-state index is 0.0859. The van der Waals surface area contributed by atoms with Crippen molar-refractivity contribution in [1.29, 1.82) is 0 Å². The monoisotopic (exact) mass is 423 g/mol. The van der Waals surface area contributed by atoms with Crippen LogP contribution in [0.25, 0.3) is 10.9 Å². The van der Waals surface area contributed by atoms with Gasteiger partial charge in [0.05, 0.1) is 0 Å². The van der Waals surface area contributed by atoms with Gasteiger partial charge in [-0.05, 0) is 35.7 Å². The number of aliphatic imine (C=N–C) groups is 1. The Balaban J connectivity index is 1.45. The molecule has 0 spiro atoms. The molecule has 0 saturated heterocycles. The molecular weight excluding hydrogens is 402 g/mol. The number of ether oxygens (including phenoxy) is 1. The van der Waals surface area contributed by atoms with Gasteiger partial charge in [-0.1, -0.05) is 6.07 Å². The van der Waals surface area contributed by atoms with Gasteiger partial charge in [-0.25, -0.2) is 9.37 Å². The lowest BCUT2D eigenvalue weighted by Crippen LogP contribution is -2.37. The van der Waals surface area contributed by atoms with Crippen molar-refractivity contribution in [2.45, 2.75) is 19.1 Å². The first-order chi connectivity index (χ1) is 14.3. The minimum Gasteiger partial charge on any atom is -0.468 e. The highest BCUT2D eigenvalue weighted by atomic mass is 19.4. The van der Waals surface area contributed by atoms with E-state index in [0.29, 0.717) is 25.5 Å². The van der Waals surface area contributed by atoms with E-state index in [4.69, 9.17) is 0 Å². The average molecular weight is 423 g/mol. The van der Waals surface area contributed by atoms with Crippen LogP contribution in [0.5, 0.6) is 5.88 Å². The van der Waals surface area contributed by atoms with E-state index in [1.807, 2.05) is 6.20 Å². The molecule has 0 fully saturated rings. The van der Waals surface area contributed by atoms with Crippen molar-refractivity contribution in [2.24, 2.45) is 4.99 Å². The van der Waals surface area contributed by atoms with Crippen molar-refractivity contribution >= 4 is 16.9 Å². The van der Waals surface area contributed by atoms with E-state index in [2.05, 4.69) is 30.3 Å². The Morgan fingerprint density at radius 2 is 2.03 bits per heavy atom. The molecule has 3 rings (SSSR count). The Labute approximate surface area is 170 Å². The van der Waals surface area contributed by atoms with Crippen molar-refractivity contribution in [3.05, 3.63) is 59.7 Å². The van der Waals surface area contributed by atoms with Crippen LogP contribution < -0.4 is 15.4 Å². The van der Waals surface area contributed by atoms with Gasteiger partial charge in [0, 0.05) is 49.5 Å². The summed E-state index contributed by atoms with van der Waals surface area (Å²) in [6.45, 7) is -0.384. The molecule has 2 heterocycles. The zero-order valence-corrected chi connectivity index (χ0v) is 16.2. The second-order valence-electron chi connectivity index (χ2n) is 6.51. The van der Waals surface area contributed by atoms with Crippen LogP contribution in [0.2, 0.25) is 0 Å². The lowest BCUT2D eigenvalue weighted by Gasteiger charge is -2.12. The van der Waals surface area contributed by atoms with Crippen LogP contribution in [0.1, 0.15) is 11.1 Å². The first-order valence-corrected chi connectivity index (χ1v) is 9.18. The maximum Gasteiger partial charge on any atom is 0.422 e. The SMILES string of the molecule is CN=C(NCCc1c[nH]c2cc(F)ccc12)NCc1ccc(OCC(F)(F)F)nc1.